The molecule has 0 radical (unpaired) electrons. The van der Waals surface area contributed by atoms with Crippen LogP contribution in [-0.4, -0.2) is 17.0 Å². The molecule has 0 saturated heterocycles. The van der Waals surface area contributed by atoms with Crippen LogP contribution < -0.4 is 4.74 Å². The third-order valence-corrected chi connectivity index (χ3v) is 3.18. The molecule has 0 aliphatic carbocycles. The van der Waals surface area contributed by atoms with Gasteiger partial charge >= 0.3 is 5.97 Å². The molecule has 0 amide bonds. The fourth-order valence-electron chi connectivity index (χ4n) is 1.54. The highest BCUT2D eigenvalue weighted by Gasteiger charge is 2.12. The molecule has 0 unspecified atom stereocenters. The third-order valence-electron chi connectivity index (χ3n) is 2.29. The normalized spacial score (nSPS) is 13.3. The zero-order valence-corrected chi connectivity index (χ0v) is 9.05. The maximum absolute atomic E-state index is 10.3. The first kappa shape index (κ1) is 10.4. The van der Waals surface area contributed by atoms with Crippen LogP contribution in [0.5, 0.6) is 5.75 Å². The molecule has 1 N–H and O–H groups in total. The van der Waals surface area contributed by atoms with Gasteiger partial charge in [0.1, 0.15) is 11.7 Å². The molecule has 4 heteroatoms. The van der Waals surface area contributed by atoms with Gasteiger partial charge in [0.15, 0.2) is 0 Å². The van der Waals surface area contributed by atoms with Crippen molar-refractivity contribution in [2.24, 2.45) is 0 Å². The average Bonchev–Trinajstić information content (AvgIpc) is 2.64. The van der Waals surface area contributed by atoms with Gasteiger partial charge in [-0.05, 0) is 30.5 Å². The molecule has 1 aromatic carbocycles. The molecule has 15 heavy (non-hydrogen) atoms. The van der Waals surface area contributed by atoms with E-state index >= 15 is 0 Å². The van der Waals surface area contributed by atoms with E-state index in [0.717, 1.165) is 17.7 Å². The van der Waals surface area contributed by atoms with Gasteiger partial charge in [-0.1, -0.05) is 17.8 Å². The minimum atomic E-state index is -0.733. The van der Waals surface area contributed by atoms with E-state index in [1.165, 1.54) is 4.90 Å². The summed E-state index contributed by atoms with van der Waals surface area (Å²) in [6.45, 7) is 0. The standard InChI is InChI=1S/C11H12O3S/c12-11(13)3-1-2-8-4-5-10-9(6-8)14-7-15-10/h4-6H,1-3,7H2,(H,12,13). The number of aryl methyl sites for hydroxylation is 1. The summed E-state index contributed by atoms with van der Waals surface area (Å²) in [7, 11) is 0. The van der Waals surface area contributed by atoms with Crippen LogP contribution in [0.15, 0.2) is 23.1 Å². The van der Waals surface area contributed by atoms with E-state index in [9.17, 15) is 4.79 Å². The Morgan fingerprint density at radius 1 is 1.53 bits per heavy atom. The van der Waals surface area contributed by atoms with Crippen molar-refractivity contribution < 1.29 is 14.6 Å². The summed E-state index contributed by atoms with van der Waals surface area (Å²) in [6.07, 6.45) is 1.71. The Kier molecular flexibility index (Phi) is 3.16. The molecule has 3 nitrogen and oxygen atoms in total. The van der Waals surface area contributed by atoms with Crippen LogP contribution >= 0.6 is 11.8 Å². The van der Waals surface area contributed by atoms with Crippen molar-refractivity contribution in [3.8, 4) is 5.75 Å². The van der Waals surface area contributed by atoms with Crippen LogP contribution in [-0.2, 0) is 11.2 Å². The number of benzene rings is 1. The molecule has 1 heterocycles. The van der Waals surface area contributed by atoms with Crippen molar-refractivity contribution in [3.05, 3.63) is 23.8 Å². The number of rotatable bonds is 4. The molecule has 0 saturated carbocycles. The largest absolute Gasteiger partial charge is 0.481 e. The highest BCUT2D eigenvalue weighted by Crippen LogP contribution is 2.36. The van der Waals surface area contributed by atoms with Crippen LogP contribution in [0.2, 0.25) is 0 Å². The number of thioether (sulfide) groups is 1. The first-order chi connectivity index (χ1) is 7.25. The van der Waals surface area contributed by atoms with Crippen molar-refractivity contribution in [2.45, 2.75) is 24.2 Å². The molecule has 0 bridgehead atoms. The van der Waals surface area contributed by atoms with Crippen LogP contribution in [0.3, 0.4) is 0 Å². The Morgan fingerprint density at radius 2 is 2.40 bits per heavy atom. The van der Waals surface area contributed by atoms with Gasteiger partial charge in [-0.2, -0.15) is 0 Å². The summed E-state index contributed by atoms with van der Waals surface area (Å²) < 4.78 is 5.41. The first-order valence-corrected chi connectivity index (χ1v) is 5.84. The molecule has 1 aliphatic rings. The second-order valence-electron chi connectivity index (χ2n) is 3.43. The van der Waals surface area contributed by atoms with Gasteiger partial charge < -0.3 is 9.84 Å². The molecule has 0 atom stereocenters. The summed E-state index contributed by atoms with van der Waals surface area (Å²) in [5.74, 6) is 0.893. The highest BCUT2D eigenvalue weighted by molar-refractivity contribution is 7.99. The van der Waals surface area contributed by atoms with Crippen LogP contribution in [0, 0.1) is 0 Å². The van der Waals surface area contributed by atoms with Crippen molar-refractivity contribution in [1.82, 2.24) is 0 Å². The number of aliphatic carboxylic acids is 1. The predicted molar refractivity (Wildman–Crippen MR) is 58.4 cm³/mol. The molecule has 0 fully saturated rings. The molecule has 2 rings (SSSR count). The van der Waals surface area contributed by atoms with Gasteiger partial charge in [0, 0.05) is 6.42 Å². The van der Waals surface area contributed by atoms with E-state index < -0.39 is 5.97 Å². The second kappa shape index (κ2) is 4.57. The molecular formula is C11H12O3S. The Labute approximate surface area is 92.4 Å². The Hall–Kier alpha value is -1.16. The summed E-state index contributed by atoms with van der Waals surface area (Å²) in [5, 5.41) is 8.52. The quantitative estimate of drug-likeness (QED) is 0.853. The second-order valence-corrected chi connectivity index (χ2v) is 4.40. The average molecular weight is 224 g/mol. The lowest BCUT2D eigenvalue weighted by atomic mass is 10.1. The molecule has 80 valence electrons. The van der Waals surface area contributed by atoms with E-state index in [2.05, 4.69) is 0 Å². The van der Waals surface area contributed by atoms with E-state index in [0.29, 0.717) is 12.4 Å². The molecule has 0 spiro atoms. The van der Waals surface area contributed by atoms with E-state index in [1.807, 2.05) is 18.2 Å². The maximum Gasteiger partial charge on any atom is 0.303 e. The van der Waals surface area contributed by atoms with E-state index in [-0.39, 0.29) is 6.42 Å². The van der Waals surface area contributed by atoms with Crippen molar-refractivity contribution in [2.75, 3.05) is 5.94 Å². The lowest BCUT2D eigenvalue weighted by molar-refractivity contribution is -0.137. The number of hydrogen-bond acceptors (Lipinski definition) is 3. The fourth-order valence-corrected chi connectivity index (χ4v) is 2.28. The maximum atomic E-state index is 10.3. The van der Waals surface area contributed by atoms with Gasteiger partial charge in [0.2, 0.25) is 0 Å². The fraction of sp³-hybridized carbons (Fsp3) is 0.364. The minimum Gasteiger partial charge on any atom is -0.481 e. The number of carboxylic acids is 1. The van der Waals surface area contributed by atoms with Crippen molar-refractivity contribution in [1.29, 1.82) is 0 Å². The van der Waals surface area contributed by atoms with Gasteiger partial charge in [0.05, 0.1) is 4.90 Å². The summed E-state index contributed by atoms with van der Waals surface area (Å²) in [5.41, 5.74) is 1.15. The topological polar surface area (TPSA) is 46.5 Å². The summed E-state index contributed by atoms with van der Waals surface area (Å²) in [6, 6.07) is 6.10. The Morgan fingerprint density at radius 3 is 3.20 bits per heavy atom. The SMILES string of the molecule is O=C(O)CCCc1ccc2c(c1)OCS2. The number of fused-ring (bicyclic) bond motifs is 1. The monoisotopic (exact) mass is 224 g/mol. The van der Waals surface area contributed by atoms with Gasteiger partial charge in [0.25, 0.3) is 0 Å². The predicted octanol–water partition coefficient (Wildman–Crippen LogP) is 2.54. The minimum absolute atomic E-state index is 0.229. The van der Waals surface area contributed by atoms with Gasteiger partial charge in [-0.15, -0.1) is 0 Å². The Balaban J connectivity index is 1.95. The Bertz CT molecular complexity index is 376. The van der Waals surface area contributed by atoms with Crippen LogP contribution in [0.25, 0.3) is 0 Å². The number of ether oxygens (including phenoxy) is 1. The highest BCUT2D eigenvalue weighted by atomic mass is 32.2. The molecule has 1 aromatic rings. The van der Waals surface area contributed by atoms with Crippen LogP contribution in [0.4, 0.5) is 0 Å². The lowest BCUT2D eigenvalue weighted by Crippen LogP contribution is -1.96. The van der Waals surface area contributed by atoms with Crippen molar-refractivity contribution >= 4 is 17.7 Å². The number of carboxylic acid groups (broad SMARTS) is 1. The summed E-state index contributed by atoms with van der Waals surface area (Å²) >= 11 is 1.69. The van der Waals surface area contributed by atoms with Crippen molar-refractivity contribution in [3.63, 3.8) is 0 Å². The van der Waals surface area contributed by atoms with E-state index in [1.54, 1.807) is 11.8 Å². The lowest BCUT2D eigenvalue weighted by Gasteiger charge is -2.02. The molecule has 1 aliphatic heterocycles. The van der Waals surface area contributed by atoms with Gasteiger partial charge in [-0.25, -0.2) is 0 Å². The molecular weight excluding hydrogens is 212 g/mol. The summed E-state index contributed by atoms with van der Waals surface area (Å²) in [4.78, 5) is 11.5. The number of hydrogen-bond donors (Lipinski definition) is 1. The zero-order valence-electron chi connectivity index (χ0n) is 8.23. The smallest absolute Gasteiger partial charge is 0.303 e. The van der Waals surface area contributed by atoms with Gasteiger partial charge in [-0.3, -0.25) is 4.79 Å². The number of carbonyl (C=O) groups is 1. The first-order valence-electron chi connectivity index (χ1n) is 4.86. The zero-order chi connectivity index (χ0) is 10.7. The third kappa shape index (κ3) is 2.65. The van der Waals surface area contributed by atoms with Crippen LogP contribution in [0.1, 0.15) is 18.4 Å². The molecule has 0 aromatic heterocycles. The van der Waals surface area contributed by atoms with E-state index in [4.69, 9.17) is 9.84 Å².